The van der Waals surface area contributed by atoms with E-state index < -0.39 is 0 Å². The lowest BCUT2D eigenvalue weighted by molar-refractivity contribution is 0.634. The Labute approximate surface area is 109 Å². The monoisotopic (exact) mass is 246 g/mol. The topological polar surface area (TPSA) is 34.8 Å². The van der Waals surface area contributed by atoms with Crippen LogP contribution in [0.1, 0.15) is 24.6 Å². The molecule has 0 atom stereocenters. The molecular weight excluding hydrogens is 224 g/mol. The second-order valence-corrected chi connectivity index (χ2v) is 4.63. The molecule has 1 N–H and O–H groups in total. The lowest BCUT2D eigenvalue weighted by Gasteiger charge is -2.04. The van der Waals surface area contributed by atoms with Crippen LogP contribution in [0.25, 0.3) is 0 Å². The average Bonchev–Trinajstić information content (AvgIpc) is 2.96. The van der Waals surface area contributed by atoms with E-state index in [1.54, 1.807) is 0 Å². The molecule has 98 valence electrons. The third kappa shape index (κ3) is 3.47. The highest BCUT2D eigenvalue weighted by atomic mass is 15.3. The average molecular weight is 246 g/mol. The summed E-state index contributed by atoms with van der Waals surface area (Å²) in [5.41, 5.74) is 2.63. The molecule has 2 heterocycles. The smallest absolute Gasteiger partial charge is 0.0492 e. The Morgan fingerprint density at radius 1 is 1.33 bits per heavy atom. The molecule has 0 saturated heterocycles. The van der Waals surface area contributed by atoms with Crippen LogP contribution in [0, 0.1) is 0 Å². The van der Waals surface area contributed by atoms with Crippen molar-refractivity contribution in [1.29, 1.82) is 0 Å². The highest BCUT2D eigenvalue weighted by molar-refractivity contribution is 5.10. The van der Waals surface area contributed by atoms with E-state index >= 15 is 0 Å². The fourth-order valence-corrected chi connectivity index (χ4v) is 2.03. The van der Waals surface area contributed by atoms with Crippen molar-refractivity contribution < 1.29 is 0 Å². The highest BCUT2D eigenvalue weighted by Crippen LogP contribution is 2.04. The Hall–Kier alpha value is -1.55. The van der Waals surface area contributed by atoms with Crippen LogP contribution < -0.4 is 5.32 Å². The van der Waals surface area contributed by atoms with E-state index in [4.69, 9.17) is 0 Å². The van der Waals surface area contributed by atoms with Gasteiger partial charge in [0.05, 0.1) is 0 Å². The van der Waals surface area contributed by atoms with Crippen LogP contribution in [0.15, 0.2) is 30.7 Å². The molecule has 0 amide bonds. The molecule has 0 radical (unpaired) electrons. The van der Waals surface area contributed by atoms with Crippen molar-refractivity contribution in [3.63, 3.8) is 0 Å². The predicted octanol–water partition coefficient (Wildman–Crippen LogP) is 1.96. The summed E-state index contributed by atoms with van der Waals surface area (Å²) in [6, 6.07) is 4.26. The molecule has 0 fully saturated rings. The first-order valence-electron chi connectivity index (χ1n) is 6.62. The number of hydrogen-bond acceptors (Lipinski definition) is 2. The SMILES string of the molecule is CCCNCc1ccn(CCc2ccnn2C)c1. The molecule has 0 aromatic carbocycles. The summed E-state index contributed by atoms with van der Waals surface area (Å²) in [4.78, 5) is 0. The normalized spacial score (nSPS) is 11.0. The van der Waals surface area contributed by atoms with Gasteiger partial charge in [-0.3, -0.25) is 4.68 Å². The van der Waals surface area contributed by atoms with Crippen molar-refractivity contribution >= 4 is 0 Å². The molecule has 0 aliphatic carbocycles. The Morgan fingerprint density at radius 3 is 2.94 bits per heavy atom. The molecule has 18 heavy (non-hydrogen) atoms. The van der Waals surface area contributed by atoms with Gasteiger partial charge in [0.1, 0.15) is 0 Å². The van der Waals surface area contributed by atoms with Gasteiger partial charge in [0, 0.05) is 50.8 Å². The van der Waals surface area contributed by atoms with E-state index in [-0.39, 0.29) is 0 Å². The van der Waals surface area contributed by atoms with E-state index in [0.717, 1.165) is 26.1 Å². The van der Waals surface area contributed by atoms with Gasteiger partial charge in [-0.05, 0) is 30.7 Å². The predicted molar refractivity (Wildman–Crippen MR) is 73.3 cm³/mol. The summed E-state index contributed by atoms with van der Waals surface area (Å²) in [5.74, 6) is 0. The molecule has 0 aliphatic rings. The zero-order valence-corrected chi connectivity index (χ0v) is 11.3. The van der Waals surface area contributed by atoms with Crippen LogP contribution in [0.2, 0.25) is 0 Å². The number of aromatic nitrogens is 3. The first-order chi connectivity index (χ1) is 8.79. The maximum Gasteiger partial charge on any atom is 0.0492 e. The van der Waals surface area contributed by atoms with Crippen LogP contribution in [-0.4, -0.2) is 20.9 Å². The third-order valence-corrected chi connectivity index (χ3v) is 3.12. The first-order valence-corrected chi connectivity index (χ1v) is 6.62. The van der Waals surface area contributed by atoms with Crippen molar-refractivity contribution in [2.45, 2.75) is 32.9 Å². The third-order valence-electron chi connectivity index (χ3n) is 3.12. The molecule has 4 heteroatoms. The molecular formula is C14H22N4. The molecule has 0 spiro atoms. The summed E-state index contributed by atoms with van der Waals surface area (Å²) in [6.07, 6.45) is 8.43. The van der Waals surface area contributed by atoms with Crippen molar-refractivity contribution in [2.75, 3.05) is 6.54 Å². The fraction of sp³-hybridized carbons (Fsp3) is 0.500. The van der Waals surface area contributed by atoms with Gasteiger partial charge in [-0.25, -0.2) is 0 Å². The van der Waals surface area contributed by atoms with Gasteiger partial charge in [-0.15, -0.1) is 0 Å². The van der Waals surface area contributed by atoms with Gasteiger partial charge in [-0.1, -0.05) is 6.92 Å². The van der Waals surface area contributed by atoms with Crippen molar-refractivity contribution in [3.05, 3.63) is 42.0 Å². The van der Waals surface area contributed by atoms with E-state index in [9.17, 15) is 0 Å². The molecule has 0 saturated carbocycles. The maximum absolute atomic E-state index is 4.18. The van der Waals surface area contributed by atoms with Crippen LogP contribution >= 0.6 is 0 Å². The second-order valence-electron chi connectivity index (χ2n) is 4.63. The Kier molecular flexibility index (Phi) is 4.59. The summed E-state index contributed by atoms with van der Waals surface area (Å²) < 4.78 is 4.18. The van der Waals surface area contributed by atoms with E-state index in [0.29, 0.717) is 0 Å². The largest absolute Gasteiger partial charge is 0.354 e. The van der Waals surface area contributed by atoms with E-state index in [1.165, 1.54) is 17.7 Å². The van der Waals surface area contributed by atoms with Crippen molar-refractivity contribution in [3.8, 4) is 0 Å². The van der Waals surface area contributed by atoms with Crippen LogP contribution in [0.3, 0.4) is 0 Å². The summed E-state index contributed by atoms with van der Waals surface area (Å²) in [6.45, 7) is 5.24. The lowest BCUT2D eigenvalue weighted by Crippen LogP contribution is -2.13. The maximum atomic E-state index is 4.18. The Bertz CT molecular complexity index is 470. The van der Waals surface area contributed by atoms with Crippen LogP contribution in [-0.2, 0) is 26.6 Å². The van der Waals surface area contributed by atoms with Gasteiger partial charge in [-0.2, -0.15) is 5.10 Å². The number of hydrogen-bond donors (Lipinski definition) is 1. The first kappa shape index (κ1) is 12.9. The van der Waals surface area contributed by atoms with Crippen LogP contribution in [0.4, 0.5) is 0 Å². The van der Waals surface area contributed by atoms with Crippen LogP contribution in [0.5, 0.6) is 0 Å². The number of rotatable bonds is 7. The summed E-state index contributed by atoms with van der Waals surface area (Å²) >= 11 is 0. The molecule has 4 nitrogen and oxygen atoms in total. The minimum atomic E-state index is 0.965. The number of nitrogens with zero attached hydrogens (tertiary/aromatic N) is 3. The zero-order valence-electron chi connectivity index (χ0n) is 11.3. The number of aryl methyl sites for hydroxylation is 3. The van der Waals surface area contributed by atoms with Crippen molar-refractivity contribution in [2.24, 2.45) is 7.05 Å². The van der Waals surface area contributed by atoms with Gasteiger partial charge in [0.2, 0.25) is 0 Å². The van der Waals surface area contributed by atoms with E-state index in [2.05, 4.69) is 46.4 Å². The second kappa shape index (κ2) is 6.40. The Balaban J connectivity index is 1.81. The Morgan fingerprint density at radius 2 is 2.22 bits per heavy atom. The molecule has 2 aromatic rings. The standard InChI is InChI=1S/C14H22N4/c1-3-7-15-11-13-5-9-18(12-13)10-6-14-4-8-16-17(14)2/h4-5,8-9,12,15H,3,6-7,10-11H2,1-2H3. The fourth-order valence-electron chi connectivity index (χ4n) is 2.03. The lowest BCUT2D eigenvalue weighted by atomic mass is 10.3. The zero-order chi connectivity index (χ0) is 12.8. The molecule has 0 bridgehead atoms. The van der Waals surface area contributed by atoms with Gasteiger partial charge >= 0.3 is 0 Å². The molecule has 2 rings (SSSR count). The van der Waals surface area contributed by atoms with Crippen molar-refractivity contribution in [1.82, 2.24) is 19.7 Å². The molecule has 0 aliphatic heterocycles. The van der Waals surface area contributed by atoms with Gasteiger partial charge in [0.15, 0.2) is 0 Å². The minimum absolute atomic E-state index is 0.965. The van der Waals surface area contributed by atoms with Gasteiger partial charge in [0.25, 0.3) is 0 Å². The highest BCUT2D eigenvalue weighted by Gasteiger charge is 2.00. The molecule has 0 unspecified atom stereocenters. The number of nitrogens with one attached hydrogen (secondary N) is 1. The van der Waals surface area contributed by atoms with Gasteiger partial charge < -0.3 is 9.88 Å². The van der Waals surface area contributed by atoms with E-state index in [1.807, 2.05) is 17.9 Å². The molecule has 2 aromatic heterocycles. The minimum Gasteiger partial charge on any atom is -0.354 e. The summed E-state index contributed by atoms with van der Waals surface area (Å²) in [5, 5.41) is 7.60. The quantitative estimate of drug-likeness (QED) is 0.758. The summed E-state index contributed by atoms with van der Waals surface area (Å²) in [7, 11) is 1.99.